The van der Waals surface area contributed by atoms with Gasteiger partial charge in [-0.1, -0.05) is 32.3 Å². The maximum absolute atomic E-state index is 14.0. The Morgan fingerprint density at radius 1 is 1.19 bits per heavy atom. The highest BCUT2D eigenvalue weighted by Crippen LogP contribution is 2.28. The molecule has 1 aliphatic carbocycles. The van der Waals surface area contributed by atoms with Crippen LogP contribution in [0.25, 0.3) is 0 Å². The zero-order valence-electron chi connectivity index (χ0n) is 22.2. The van der Waals surface area contributed by atoms with E-state index in [0.29, 0.717) is 24.3 Å². The summed E-state index contributed by atoms with van der Waals surface area (Å²) in [6, 6.07) is 11.8. The third-order valence-corrected chi connectivity index (χ3v) is 8.03. The average molecular weight is 510 g/mol. The van der Waals surface area contributed by atoms with Crippen LogP contribution in [0, 0.1) is 0 Å². The molecule has 0 radical (unpaired) electrons. The lowest BCUT2D eigenvalue weighted by atomic mass is 9.90. The Morgan fingerprint density at radius 3 is 2.44 bits per heavy atom. The van der Waals surface area contributed by atoms with Crippen LogP contribution in [0.2, 0.25) is 0 Å². The van der Waals surface area contributed by atoms with Gasteiger partial charge < -0.3 is 15.0 Å². The van der Waals surface area contributed by atoms with E-state index in [0.717, 1.165) is 41.9 Å². The van der Waals surface area contributed by atoms with Crippen molar-refractivity contribution in [3.8, 4) is 5.75 Å². The summed E-state index contributed by atoms with van der Waals surface area (Å²) >= 11 is 1.59. The van der Waals surface area contributed by atoms with Gasteiger partial charge in [0, 0.05) is 23.5 Å². The van der Waals surface area contributed by atoms with Gasteiger partial charge in [0.15, 0.2) is 0 Å². The van der Waals surface area contributed by atoms with Gasteiger partial charge in [0.1, 0.15) is 11.3 Å². The molecule has 1 unspecified atom stereocenters. The summed E-state index contributed by atoms with van der Waals surface area (Å²) in [4.78, 5) is 34.8. The highest BCUT2D eigenvalue weighted by molar-refractivity contribution is 7.09. The zero-order valence-corrected chi connectivity index (χ0v) is 23.0. The molecule has 1 aromatic heterocycles. The standard InChI is InChI=1S/C29H39N3O3S/c1-6-29(3,28(34)31-23-11-8-7-9-12-23)32(20-25-13-10-18-36-25)27(33)21(2)19-26(30-4)22-14-16-24(35-5)17-15-22/h10,13-19,23H,6-9,11-12,20H2,1-5H3,(H,31,34)/b21-19+,30-26?. The summed E-state index contributed by atoms with van der Waals surface area (Å²) in [5.41, 5.74) is 1.15. The van der Waals surface area contributed by atoms with Crippen LogP contribution in [0.3, 0.4) is 0 Å². The minimum Gasteiger partial charge on any atom is -0.497 e. The number of carbonyl (C=O) groups is 2. The number of nitrogens with zero attached hydrogens (tertiary/aromatic N) is 2. The largest absolute Gasteiger partial charge is 0.497 e. The number of allylic oxidation sites excluding steroid dienone is 1. The van der Waals surface area contributed by atoms with Gasteiger partial charge in [-0.3, -0.25) is 14.6 Å². The number of rotatable bonds is 10. The Kier molecular flexibility index (Phi) is 9.88. The maximum Gasteiger partial charge on any atom is 0.250 e. The summed E-state index contributed by atoms with van der Waals surface area (Å²) < 4.78 is 5.26. The highest BCUT2D eigenvalue weighted by atomic mass is 32.1. The second-order valence-electron chi connectivity index (χ2n) is 9.57. The van der Waals surface area contributed by atoms with E-state index in [2.05, 4.69) is 10.3 Å². The lowest BCUT2D eigenvalue weighted by Gasteiger charge is -2.41. The molecule has 194 valence electrons. The van der Waals surface area contributed by atoms with E-state index in [-0.39, 0.29) is 17.9 Å². The monoisotopic (exact) mass is 509 g/mol. The zero-order chi connectivity index (χ0) is 26.1. The molecule has 3 rings (SSSR count). The fourth-order valence-corrected chi connectivity index (χ4v) is 5.30. The van der Waals surface area contributed by atoms with Crippen molar-refractivity contribution >= 4 is 28.9 Å². The predicted molar refractivity (Wildman–Crippen MR) is 148 cm³/mol. The Bertz CT molecular complexity index is 1070. The lowest BCUT2D eigenvalue weighted by molar-refractivity contribution is -0.146. The van der Waals surface area contributed by atoms with Gasteiger partial charge in [-0.2, -0.15) is 0 Å². The maximum atomic E-state index is 14.0. The molecule has 1 saturated carbocycles. The van der Waals surface area contributed by atoms with Gasteiger partial charge in [-0.15, -0.1) is 11.3 Å². The number of thiophene rings is 1. The van der Waals surface area contributed by atoms with Crippen molar-refractivity contribution in [3.63, 3.8) is 0 Å². The third kappa shape index (κ3) is 6.64. The molecule has 1 heterocycles. The molecule has 36 heavy (non-hydrogen) atoms. The summed E-state index contributed by atoms with van der Waals surface area (Å²) in [5, 5.41) is 5.27. The quantitative estimate of drug-likeness (QED) is 0.327. The first kappa shape index (κ1) is 27.7. The molecule has 1 aromatic carbocycles. The summed E-state index contributed by atoms with van der Waals surface area (Å²) in [6.45, 7) is 6.05. The Balaban J connectivity index is 1.91. The SMILES string of the molecule is CCC(C)(C(=O)NC1CCCCC1)N(Cc1cccs1)C(=O)/C(C)=C/C(=NC)c1ccc(OC)cc1. The fraction of sp³-hybridized carbons (Fsp3) is 0.483. The molecule has 0 aliphatic heterocycles. The fourth-order valence-electron chi connectivity index (χ4n) is 4.61. The van der Waals surface area contributed by atoms with Crippen molar-refractivity contribution in [2.24, 2.45) is 4.99 Å². The topological polar surface area (TPSA) is 71.0 Å². The molecule has 1 atom stereocenters. The molecule has 7 heteroatoms. The molecule has 6 nitrogen and oxygen atoms in total. The normalized spacial score (nSPS) is 16.8. The predicted octanol–water partition coefficient (Wildman–Crippen LogP) is 5.77. The Labute approximate surface area is 219 Å². The van der Waals surface area contributed by atoms with Crippen LogP contribution < -0.4 is 10.1 Å². The molecule has 1 N–H and O–H groups in total. The van der Waals surface area contributed by atoms with Crippen molar-refractivity contribution in [2.75, 3.05) is 14.2 Å². The van der Waals surface area contributed by atoms with Crippen LogP contribution in [-0.2, 0) is 16.1 Å². The van der Waals surface area contributed by atoms with E-state index in [1.807, 2.05) is 55.6 Å². The molecule has 0 saturated heterocycles. The highest BCUT2D eigenvalue weighted by Gasteiger charge is 2.42. The molecule has 2 aromatic rings. The second-order valence-corrected chi connectivity index (χ2v) is 10.6. The minimum atomic E-state index is -0.975. The van der Waals surface area contributed by atoms with Crippen LogP contribution in [0.1, 0.15) is 69.7 Å². The smallest absolute Gasteiger partial charge is 0.250 e. The number of hydrogen-bond donors (Lipinski definition) is 1. The molecule has 1 aliphatic rings. The first-order valence-corrected chi connectivity index (χ1v) is 13.6. The van der Waals surface area contributed by atoms with Gasteiger partial charge in [0.25, 0.3) is 5.91 Å². The van der Waals surface area contributed by atoms with E-state index in [1.165, 1.54) is 6.42 Å². The Hall–Kier alpha value is -2.93. The molecular formula is C29H39N3O3S. The number of methoxy groups -OCH3 is 1. The van der Waals surface area contributed by atoms with E-state index < -0.39 is 5.54 Å². The number of hydrogen-bond acceptors (Lipinski definition) is 5. The number of carbonyl (C=O) groups excluding carboxylic acids is 2. The van der Waals surface area contributed by atoms with Crippen molar-refractivity contribution in [1.82, 2.24) is 10.2 Å². The number of amides is 2. The van der Waals surface area contributed by atoms with Crippen molar-refractivity contribution in [3.05, 3.63) is 63.9 Å². The van der Waals surface area contributed by atoms with Gasteiger partial charge in [0.2, 0.25) is 5.91 Å². The number of benzene rings is 1. The molecule has 0 spiro atoms. The Morgan fingerprint density at radius 2 is 1.89 bits per heavy atom. The number of ether oxygens (including phenoxy) is 1. The van der Waals surface area contributed by atoms with Crippen LogP contribution >= 0.6 is 11.3 Å². The molecule has 0 bridgehead atoms. The summed E-state index contributed by atoms with van der Waals surface area (Å²) in [5.74, 6) is 0.520. The minimum absolute atomic E-state index is 0.0749. The molecular weight excluding hydrogens is 470 g/mol. The second kappa shape index (κ2) is 12.9. The van der Waals surface area contributed by atoms with E-state index in [9.17, 15) is 9.59 Å². The van der Waals surface area contributed by atoms with Gasteiger partial charge in [-0.05, 0) is 80.5 Å². The van der Waals surface area contributed by atoms with Crippen molar-refractivity contribution in [1.29, 1.82) is 0 Å². The van der Waals surface area contributed by atoms with Crippen LogP contribution in [0.15, 0.2) is 58.4 Å². The lowest BCUT2D eigenvalue weighted by Crippen LogP contribution is -2.60. The van der Waals surface area contributed by atoms with Gasteiger partial charge in [0.05, 0.1) is 19.4 Å². The number of aliphatic imine (C=N–C) groups is 1. The van der Waals surface area contributed by atoms with E-state index in [4.69, 9.17) is 4.74 Å². The van der Waals surface area contributed by atoms with Crippen molar-refractivity contribution < 1.29 is 14.3 Å². The average Bonchev–Trinajstić information content (AvgIpc) is 3.43. The first-order valence-electron chi connectivity index (χ1n) is 12.8. The molecule has 1 fully saturated rings. The van der Waals surface area contributed by atoms with E-state index in [1.54, 1.807) is 43.4 Å². The first-order chi connectivity index (χ1) is 17.3. The van der Waals surface area contributed by atoms with E-state index >= 15 is 0 Å². The summed E-state index contributed by atoms with van der Waals surface area (Å²) in [7, 11) is 3.34. The van der Waals surface area contributed by atoms with Crippen LogP contribution in [0.4, 0.5) is 0 Å². The van der Waals surface area contributed by atoms with Crippen LogP contribution in [-0.4, -0.2) is 48.2 Å². The third-order valence-electron chi connectivity index (χ3n) is 7.17. The van der Waals surface area contributed by atoms with Crippen molar-refractivity contribution in [2.45, 2.75) is 77.4 Å². The number of nitrogens with one attached hydrogen (secondary N) is 1. The van der Waals surface area contributed by atoms with Gasteiger partial charge in [-0.25, -0.2) is 0 Å². The van der Waals surface area contributed by atoms with Gasteiger partial charge >= 0.3 is 0 Å². The van der Waals surface area contributed by atoms with Crippen LogP contribution in [0.5, 0.6) is 5.75 Å². The molecule has 2 amide bonds. The summed E-state index contributed by atoms with van der Waals surface area (Å²) in [6.07, 6.45) is 7.82.